The highest BCUT2D eigenvalue weighted by Gasteiger charge is 2.44. The molecule has 1 fully saturated rings. The Hall–Kier alpha value is -2.12. The number of esters is 1. The summed E-state index contributed by atoms with van der Waals surface area (Å²) in [5, 5.41) is 54.2. The molecule has 0 bridgehead atoms. The topological polar surface area (TPSA) is 175 Å². The molecule has 11 nitrogen and oxygen atoms in total. The molecule has 0 aromatic heterocycles. The van der Waals surface area contributed by atoms with Crippen LogP contribution in [0.4, 0.5) is 0 Å². The van der Waals surface area contributed by atoms with Crippen LogP contribution in [0.25, 0.3) is 0 Å². The number of carbonyl (C=O) groups excluding carboxylic acids is 2. The fourth-order valence-electron chi connectivity index (χ4n) is 10.9. The zero-order valence-corrected chi connectivity index (χ0v) is 52.1. The summed E-state index contributed by atoms with van der Waals surface area (Å²) in [5.74, 6) is -0.181. The number of carbonyl (C=O) groups is 2. The number of nitrogens with one attached hydrogen (secondary N) is 1. The van der Waals surface area contributed by atoms with Gasteiger partial charge >= 0.3 is 5.97 Å². The van der Waals surface area contributed by atoms with E-state index >= 15 is 0 Å². The molecule has 1 rings (SSSR count). The van der Waals surface area contributed by atoms with Crippen LogP contribution in [0.2, 0.25) is 0 Å². The highest BCUT2D eigenvalue weighted by atomic mass is 16.7. The molecule has 7 atom stereocenters. The van der Waals surface area contributed by atoms with E-state index in [-0.39, 0.29) is 18.5 Å². The van der Waals surface area contributed by atoms with Gasteiger partial charge in [-0.15, -0.1) is 0 Å². The lowest BCUT2D eigenvalue weighted by Gasteiger charge is -2.40. The number of ether oxygens (including phenoxy) is 3. The first kappa shape index (κ1) is 75.9. The van der Waals surface area contributed by atoms with Crippen LogP contribution in [-0.2, 0) is 23.8 Å². The second kappa shape index (κ2) is 58.6. The van der Waals surface area contributed by atoms with Crippen molar-refractivity contribution in [3.05, 3.63) is 36.5 Å². The third-order valence-corrected chi connectivity index (χ3v) is 16.3. The van der Waals surface area contributed by atoms with E-state index in [0.717, 1.165) is 57.8 Å². The van der Waals surface area contributed by atoms with Crippen molar-refractivity contribution in [1.29, 1.82) is 0 Å². The lowest BCUT2D eigenvalue weighted by atomic mass is 9.99. The maximum atomic E-state index is 13.0. The van der Waals surface area contributed by atoms with Gasteiger partial charge in [-0.1, -0.05) is 300 Å². The Balaban J connectivity index is 1.90. The van der Waals surface area contributed by atoms with Crippen molar-refractivity contribution in [3.63, 3.8) is 0 Å². The van der Waals surface area contributed by atoms with Crippen molar-refractivity contribution >= 4 is 11.9 Å². The second-order valence-corrected chi connectivity index (χ2v) is 23.9. The Morgan fingerprint density at radius 2 is 0.838 bits per heavy atom. The number of aliphatic hydroxyl groups excluding tert-OH is 5. The minimum atomic E-state index is -1.58. The van der Waals surface area contributed by atoms with Gasteiger partial charge < -0.3 is 45.1 Å². The number of unbranched alkanes of at least 4 members (excludes halogenated alkanes) is 43. The summed E-state index contributed by atoms with van der Waals surface area (Å²) in [7, 11) is 0. The molecule has 1 amide bonds. The average molecular weight is 1130 g/mol. The first-order valence-corrected chi connectivity index (χ1v) is 34.2. The lowest BCUT2D eigenvalue weighted by molar-refractivity contribution is -0.302. The number of rotatable bonds is 60. The summed E-state index contributed by atoms with van der Waals surface area (Å²) < 4.78 is 16.7. The van der Waals surface area contributed by atoms with Crippen molar-refractivity contribution < 1.29 is 49.3 Å². The molecule has 0 spiro atoms. The van der Waals surface area contributed by atoms with E-state index in [4.69, 9.17) is 14.2 Å². The number of hydrogen-bond donors (Lipinski definition) is 6. The Morgan fingerprint density at radius 3 is 1.24 bits per heavy atom. The monoisotopic (exact) mass is 1130 g/mol. The van der Waals surface area contributed by atoms with Gasteiger partial charge in [0, 0.05) is 12.8 Å². The molecular formula is C69H129NO10. The average Bonchev–Trinajstić information content (AvgIpc) is 3.45. The van der Waals surface area contributed by atoms with E-state index in [1.54, 1.807) is 6.08 Å². The van der Waals surface area contributed by atoms with Crippen LogP contribution >= 0.6 is 0 Å². The highest BCUT2D eigenvalue weighted by molar-refractivity contribution is 5.76. The van der Waals surface area contributed by atoms with Gasteiger partial charge in [0.25, 0.3) is 0 Å². The number of hydrogen-bond acceptors (Lipinski definition) is 10. The fourth-order valence-corrected chi connectivity index (χ4v) is 10.9. The van der Waals surface area contributed by atoms with Crippen LogP contribution in [0, 0.1) is 0 Å². The molecule has 80 heavy (non-hydrogen) atoms. The summed E-state index contributed by atoms with van der Waals surface area (Å²) >= 11 is 0. The maximum Gasteiger partial charge on any atom is 0.305 e. The molecule has 0 aromatic carbocycles. The second-order valence-electron chi connectivity index (χ2n) is 23.9. The quantitative estimate of drug-likeness (QED) is 0.0195. The lowest BCUT2D eigenvalue weighted by Crippen LogP contribution is -2.60. The third-order valence-electron chi connectivity index (χ3n) is 16.3. The zero-order chi connectivity index (χ0) is 58.0. The number of amides is 1. The number of aliphatic hydroxyl groups is 5. The summed E-state index contributed by atoms with van der Waals surface area (Å²) in [5.41, 5.74) is 0. The molecule has 1 heterocycles. The van der Waals surface area contributed by atoms with Gasteiger partial charge in [-0.25, -0.2) is 0 Å². The highest BCUT2D eigenvalue weighted by Crippen LogP contribution is 2.23. The number of allylic oxidation sites excluding steroid dienone is 5. The standard InChI is InChI=1S/C69H129NO10/c1-3-5-7-9-11-13-36-41-45-49-53-57-65(74)78-58-54-50-46-42-38-35-33-31-29-27-25-23-21-19-17-15-14-16-18-20-22-24-26-28-30-32-34-37-40-44-48-52-56-64(73)70-61(62(72)55-51-47-43-39-12-10-8-6-4-2)60-79-69-68(77)67(76)66(75)63(59-71)80-69/h4,6,12,39,51,55,61-63,66-69,71-72,75-77H,3,5,7-11,13-38,40-50,52-54,56-60H2,1-2H3,(H,70,73)/b6-4+,39-12+,55-51+. The van der Waals surface area contributed by atoms with Crippen LogP contribution in [-0.4, -0.2) is 100 Å². The molecular weight excluding hydrogens is 1000 g/mol. The Bertz CT molecular complexity index is 1420. The molecule has 7 unspecified atom stereocenters. The van der Waals surface area contributed by atoms with E-state index in [0.29, 0.717) is 19.4 Å². The normalized spacial score (nSPS) is 18.5. The van der Waals surface area contributed by atoms with Crippen LogP contribution in [0.5, 0.6) is 0 Å². The molecule has 0 saturated carbocycles. The molecule has 0 aromatic rings. The molecule has 1 aliphatic rings. The first-order chi connectivity index (χ1) is 39.2. The van der Waals surface area contributed by atoms with Crippen molar-refractivity contribution in [2.45, 2.75) is 371 Å². The van der Waals surface area contributed by atoms with E-state index in [1.807, 2.05) is 19.1 Å². The van der Waals surface area contributed by atoms with Crippen molar-refractivity contribution in [2.24, 2.45) is 0 Å². The van der Waals surface area contributed by atoms with Gasteiger partial charge in [0.2, 0.25) is 5.91 Å². The third kappa shape index (κ3) is 47.3. The molecule has 1 aliphatic heterocycles. The molecule has 6 N–H and O–H groups in total. The van der Waals surface area contributed by atoms with Crippen LogP contribution in [0.3, 0.4) is 0 Å². The molecule has 0 aliphatic carbocycles. The molecule has 0 radical (unpaired) electrons. The van der Waals surface area contributed by atoms with Gasteiger partial charge in [0.1, 0.15) is 24.4 Å². The van der Waals surface area contributed by atoms with E-state index in [2.05, 4.69) is 30.5 Å². The zero-order valence-electron chi connectivity index (χ0n) is 52.1. The SMILES string of the molecule is C/C=C/CC/C=C/CC/C=C/C(O)C(COC1OC(CO)C(O)C(O)C1O)NC(=O)CCCCCCCCCCCCCCCCCCCCCCCCCCCCCCCCCCOC(=O)CCCCCCCCCCCCC. The van der Waals surface area contributed by atoms with Gasteiger partial charge in [-0.2, -0.15) is 0 Å². The van der Waals surface area contributed by atoms with Gasteiger partial charge in [-0.3, -0.25) is 9.59 Å². The van der Waals surface area contributed by atoms with E-state index < -0.39 is 49.5 Å². The van der Waals surface area contributed by atoms with E-state index in [1.165, 1.54) is 244 Å². The Kier molecular flexibility index (Phi) is 55.6. The van der Waals surface area contributed by atoms with Crippen molar-refractivity contribution in [3.8, 4) is 0 Å². The molecule has 1 saturated heterocycles. The van der Waals surface area contributed by atoms with Crippen molar-refractivity contribution in [2.75, 3.05) is 19.8 Å². The molecule has 11 heteroatoms. The van der Waals surface area contributed by atoms with Crippen molar-refractivity contribution in [1.82, 2.24) is 5.32 Å². The van der Waals surface area contributed by atoms with E-state index in [9.17, 15) is 35.1 Å². The van der Waals surface area contributed by atoms with Gasteiger partial charge in [0.15, 0.2) is 6.29 Å². The van der Waals surface area contributed by atoms with Crippen LogP contribution < -0.4 is 5.32 Å². The summed E-state index contributed by atoms with van der Waals surface area (Å²) in [4.78, 5) is 25.0. The Labute approximate surface area is 492 Å². The Morgan fingerprint density at radius 1 is 0.475 bits per heavy atom. The molecule has 470 valence electrons. The minimum Gasteiger partial charge on any atom is -0.466 e. The minimum absolute atomic E-state index is 0.0130. The first-order valence-electron chi connectivity index (χ1n) is 34.2. The van der Waals surface area contributed by atoms with Crippen LogP contribution in [0.15, 0.2) is 36.5 Å². The van der Waals surface area contributed by atoms with Crippen LogP contribution in [0.1, 0.15) is 328 Å². The summed E-state index contributed by atoms with van der Waals surface area (Å²) in [6.45, 7) is 4.12. The van der Waals surface area contributed by atoms with Gasteiger partial charge in [0.05, 0.1) is 32.0 Å². The summed E-state index contributed by atoms with van der Waals surface area (Å²) in [6.07, 6.45) is 64.7. The predicted molar refractivity (Wildman–Crippen MR) is 334 cm³/mol. The smallest absolute Gasteiger partial charge is 0.305 e. The van der Waals surface area contributed by atoms with Gasteiger partial charge in [-0.05, 0) is 51.9 Å². The maximum absolute atomic E-state index is 13.0. The predicted octanol–water partition coefficient (Wildman–Crippen LogP) is 17.0. The fraction of sp³-hybridized carbons (Fsp3) is 0.884. The summed E-state index contributed by atoms with van der Waals surface area (Å²) in [6, 6.07) is -0.829. The largest absolute Gasteiger partial charge is 0.466 e.